The fraction of sp³-hybridized carbons (Fsp3) is 0.467. The Labute approximate surface area is 125 Å². The number of nitrogens with zero attached hydrogens (tertiary/aromatic N) is 2. The maximum Gasteiger partial charge on any atom is 0.325 e. The van der Waals surface area contributed by atoms with Crippen LogP contribution in [-0.2, 0) is 17.8 Å². The molecule has 0 unspecified atom stereocenters. The third-order valence-corrected chi connectivity index (χ3v) is 2.60. The topological polar surface area (TPSA) is 55.1 Å². The molecule has 4 nitrogen and oxygen atoms in total. The van der Waals surface area contributed by atoms with E-state index in [1.54, 1.807) is 0 Å². The lowest BCUT2D eigenvalue weighted by Gasteiger charge is -1.97. The zero-order chi connectivity index (χ0) is 15.5. The first-order chi connectivity index (χ1) is 9.52. The molecule has 0 atom stereocenters. The van der Waals surface area contributed by atoms with Crippen molar-refractivity contribution in [3.8, 4) is 0 Å². The van der Waals surface area contributed by atoms with Gasteiger partial charge in [-0.3, -0.25) is 9.48 Å². The number of hydrogen-bond donors (Lipinski definition) is 1. The lowest BCUT2D eigenvalue weighted by atomic mass is 10.2. The Balaban J connectivity index is 0.00000172. The Morgan fingerprint density at radius 1 is 1.50 bits per heavy atom. The molecule has 0 radical (unpaired) electrons. The molecule has 0 saturated heterocycles. The molecule has 20 heavy (non-hydrogen) atoms. The molecule has 0 aliphatic heterocycles. The highest BCUT2D eigenvalue weighted by atomic mass is 35.5. The van der Waals surface area contributed by atoms with Crippen LogP contribution in [0.5, 0.6) is 0 Å². The highest BCUT2D eigenvalue weighted by Crippen LogP contribution is 2.08. The third-order valence-electron chi connectivity index (χ3n) is 2.32. The molecule has 1 aromatic heterocycles. The van der Waals surface area contributed by atoms with Crippen LogP contribution in [0.3, 0.4) is 0 Å². The summed E-state index contributed by atoms with van der Waals surface area (Å²) < 4.78 is 1.48. The summed E-state index contributed by atoms with van der Waals surface area (Å²) in [6.45, 7) is 7.76. The van der Waals surface area contributed by atoms with Gasteiger partial charge in [-0.15, -0.1) is 0 Å². The van der Waals surface area contributed by atoms with Crippen LogP contribution < -0.4 is 0 Å². The van der Waals surface area contributed by atoms with Crippen LogP contribution in [0, 0.1) is 6.92 Å². The van der Waals surface area contributed by atoms with Crippen LogP contribution >= 0.6 is 11.6 Å². The Hall–Kier alpha value is -1.55. The van der Waals surface area contributed by atoms with Crippen molar-refractivity contribution in [2.45, 2.75) is 47.1 Å². The van der Waals surface area contributed by atoms with Crippen molar-refractivity contribution in [3.63, 3.8) is 0 Å². The van der Waals surface area contributed by atoms with Crippen molar-refractivity contribution >= 4 is 17.6 Å². The van der Waals surface area contributed by atoms with Gasteiger partial charge in [-0.2, -0.15) is 5.10 Å². The normalized spacial score (nSPS) is 11.3. The number of aromatic nitrogens is 2. The monoisotopic (exact) mass is 298 g/mol. The molecule has 0 spiro atoms. The molecule has 0 amide bonds. The standard InChI is InChI=1S/C13H17ClN2O2.C2H6/c1-3-5-11(14)6-4-7-12-8-10(2)16(15-12)9-13(17)18;1-2/h4-6,8H,3,7,9H2,1-2H3,(H,17,18);1-2H3/b6-4-,11-5+;. The van der Waals surface area contributed by atoms with Gasteiger partial charge >= 0.3 is 5.97 Å². The summed E-state index contributed by atoms with van der Waals surface area (Å²) >= 11 is 5.92. The molecular weight excluding hydrogens is 276 g/mol. The third kappa shape index (κ3) is 7.14. The number of carboxylic acids is 1. The number of aryl methyl sites for hydroxylation is 1. The maximum absolute atomic E-state index is 10.6. The van der Waals surface area contributed by atoms with Gasteiger partial charge in [0.25, 0.3) is 0 Å². The SMILES string of the molecule is CC.CC/C=C(Cl)\C=C/Cc1cc(C)n(CC(=O)O)n1. The van der Waals surface area contributed by atoms with Crippen LogP contribution in [0.4, 0.5) is 0 Å². The van der Waals surface area contributed by atoms with E-state index in [1.807, 2.05) is 52.0 Å². The second-order valence-electron chi connectivity index (χ2n) is 3.93. The van der Waals surface area contributed by atoms with Gasteiger partial charge in [-0.05, 0) is 25.5 Å². The molecule has 112 valence electrons. The molecule has 1 rings (SSSR count). The van der Waals surface area contributed by atoms with Crippen LogP contribution in [0.2, 0.25) is 0 Å². The first kappa shape index (κ1) is 18.4. The summed E-state index contributed by atoms with van der Waals surface area (Å²) in [4.78, 5) is 10.6. The number of hydrogen-bond acceptors (Lipinski definition) is 2. The minimum Gasteiger partial charge on any atom is -0.480 e. The Morgan fingerprint density at radius 2 is 2.15 bits per heavy atom. The molecular formula is C15H23ClN2O2. The second kappa shape index (κ2) is 10.3. The van der Waals surface area contributed by atoms with E-state index >= 15 is 0 Å². The Kier molecular flexibility index (Phi) is 9.47. The van der Waals surface area contributed by atoms with E-state index in [-0.39, 0.29) is 6.54 Å². The molecule has 1 heterocycles. The second-order valence-corrected chi connectivity index (χ2v) is 4.37. The molecule has 0 aliphatic carbocycles. The van der Waals surface area contributed by atoms with Crippen LogP contribution in [0.15, 0.2) is 29.3 Å². The van der Waals surface area contributed by atoms with E-state index in [0.717, 1.165) is 17.8 Å². The molecule has 0 fully saturated rings. The van der Waals surface area contributed by atoms with Crippen molar-refractivity contribution in [2.75, 3.05) is 0 Å². The highest BCUT2D eigenvalue weighted by molar-refractivity contribution is 6.31. The average molecular weight is 299 g/mol. The van der Waals surface area contributed by atoms with E-state index in [9.17, 15) is 4.79 Å². The Bertz CT molecular complexity index is 476. The fourth-order valence-electron chi connectivity index (χ4n) is 1.52. The number of allylic oxidation sites excluding steroid dienone is 4. The number of carbonyl (C=O) groups is 1. The molecule has 0 bridgehead atoms. The van der Waals surface area contributed by atoms with Gasteiger partial charge in [0.1, 0.15) is 6.54 Å². The summed E-state index contributed by atoms with van der Waals surface area (Å²) in [5, 5.41) is 13.6. The average Bonchev–Trinajstić information content (AvgIpc) is 2.72. The number of rotatable bonds is 6. The van der Waals surface area contributed by atoms with Gasteiger partial charge in [-0.25, -0.2) is 0 Å². The molecule has 1 aromatic rings. The van der Waals surface area contributed by atoms with Crippen molar-refractivity contribution in [1.82, 2.24) is 9.78 Å². The fourth-order valence-corrected chi connectivity index (χ4v) is 1.77. The van der Waals surface area contributed by atoms with Gasteiger partial charge in [0.05, 0.1) is 5.69 Å². The van der Waals surface area contributed by atoms with E-state index in [2.05, 4.69) is 5.10 Å². The molecule has 0 aliphatic rings. The van der Waals surface area contributed by atoms with Crippen molar-refractivity contribution < 1.29 is 9.90 Å². The predicted molar refractivity (Wildman–Crippen MR) is 83.0 cm³/mol. The largest absolute Gasteiger partial charge is 0.480 e. The molecule has 5 heteroatoms. The molecule has 0 saturated carbocycles. The van der Waals surface area contributed by atoms with Gasteiger partial charge in [-0.1, -0.05) is 44.5 Å². The van der Waals surface area contributed by atoms with Gasteiger partial charge < -0.3 is 5.11 Å². The van der Waals surface area contributed by atoms with Crippen molar-refractivity contribution in [3.05, 3.63) is 40.7 Å². The van der Waals surface area contributed by atoms with E-state index in [0.29, 0.717) is 11.5 Å². The van der Waals surface area contributed by atoms with Crippen LogP contribution in [-0.4, -0.2) is 20.9 Å². The van der Waals surface area contributed by atoms with Crippen molar-refractivity contribution in [1.29, 1.82) is 0 Å². The minimum absolute atomic E-state index is 0.105. The van der Waals surface area contributed by atoms with Crippen LogP contribution in [0.1, 0.15) is 38.6 Å². The number of halogens is 1. The first-order valence-corrected chi connectivity index (χ1v) is 7.18. The summed E-state index contributed by atoms with van der Waals surface area (Å²) in [6, 6.07) is 1.88. The lowest BCUT2D eigenvalue weighted by molar-refractivity contribution is -0.137. The zero-order valence-corrected chi connectivity index (χ0v) is 13.3. The predicted octanol–water partition coefficient (Wildman–Crippen LogP) is 3.93. The lowest BCUT2D eigenvalue weighted by Crippen LogP contribution is -2.11. The van der Waals surface area contributed by atoms with E-state index in [1.165, 1.54) is 4.68 Å². The molecule has 1 N–H and O–H groups in total. The number of aliphatic carboxylic acids is 1. The van der Waals surface area contributed by atoms with Gasteiger partial charge in [0.15, 0.2) is 0 Å². The first-order valence-electron chi connectivity index (χ1n) is 6.80. The highest BCUT2D eigenvalue weighted by Gasteiger charge is 2.06. The van der Waals surface area contributed by atoms with Gasteiger partial charge in [0.2, 0.25) is 0 Å². The maximum atomic E-state index is 10.6. The van der Waals surface area contributed by atoms with E-state index < -0.39 is 5.97 Å². The number of carboxylic acid groups (broad SMARTS) is 1. The summed E-state index contributed by atoms with van der Waals surface area (Å²) in [6.07, 6.45) is 7.21. The van der Waals surface area contributed by atoms with Crippen LogP contribution in [0.25, 0.3) is 0 Å². The summed E-state index contributed by atoms with van der Waals surface area (Å²) in [7, 11) is 0. The molecule has 0 aromatic carbocycles. The van der Waals surface area contributed by atoms with Gasteiger partial charge in [0, 0.05) is 17.1 Å². The smallest absolute Gasteiger partial charge is 0.325 e. The van der Waals surface area contributed by atoms with E-state index in [4.69, 9.17) is 16.7 Å². The zero-order valence-electron chi connectivity index (χ0n) is 12.6. The minimum atomic E-state index is -0.891. The van der Waals surface area contributed by atoms with Crippen molar-refractivity contribution in [2.24, 2.45) is 0 Å². The summed E-state index contributed by atoms with van der Waals surface area (Å²) in [5.41, 5.74) is 1.68. The Morgan fingerprint density at radius 3 is 2.70 bits per heavy atom. The summed E-state index contributed by atoms with van der Waals surface area (Å²) in [5.74, 6) is -0.891. The quantitative estimate of drug-likeness (QED) is 0.810.